The van der Waals surface area contributed by atoms with Crippen LogP contribution in [0.1, 0.15) is 0 Å². The number of hydrogen-bond acceptors (Lipinski definition) is 9. The lowest BCUT2D eigenvalue weighted by Crippen LogP contribution is -2.07. The molecule has 0 aliphatic heterocycles. The lowest BCUT2D eigenvalue weighted by molar-refractivity contribution is 0.469. The lowest BCUT2D eigenvalue weighted by atomic mass is 10.2. The first-order valence-electron chi connectivity index (χ1n) is 6.31. The molecule has 0 atom stereocenters. The maximum Gasteiger partial charge on any atom is 0.296 e. The van der Waals surface area contributed by atoms with Gasteiger partial charge in [-0.1, -0.05) is 0 Å². The van der Waals surface area contributed by atoms with Crippen LogP contribution < -0.4 is 27.7 Å². The van der Waals surface area contributed by atoms with Gasteiger partial charge < -0.3 is 27.7 Å². The van der Waals surface area contributed by atoms with Crippen LogP contribution in [0, 0.1) is 0 Å². The van der Waals surface area contributed by atoms with Gasteiger partial charge in [0.05, 0.1) is 22.7 Å². The summed E-state index contributed by atoms with van der Waals surface area (Å²) in [4.78, 5) is -1.39. The molecule has 0 spiro atoms. The maximum absolute atomic E-state index is 11.3. The van der Waals surface area contributed by atoms with Crippen molar-refractivity contribution in [1.29, 1.82) is 0 Å². The van der Waals surface area contributed by atoms with Crippen molar-refractivity contribution in [1.82, 2.24) is 0 Å². The van der Waals surface area contributed by atoms with Crippen LogP contribution >= 0.6 is 0 Å². The Bertz CT molecular complexity index is 980. The summed E-state index contributed by atoms with van der Waals surface area (Å²) in [5.41, 5.74) is 20.9. The molecule has 13 heteroatoms. The second-order valence-electron chi connectivity index (χ2n) is 4.90. The molecule has 11 nitrogen and oxygen atoms in total. The van der Waals surface area contributed by atoms with Crippen LogP contribution in [-0.4, -0.2) is 25.9 Å². The largest absolute Gasteiger partial charge is 0.457 e. The van der Waals surface area contributed by atoms with Gasteiger partial charge in [-0.15, -0.1) is 0 Å². The van der Waals surface area contributed by atoms with Gasteiger partial charge in [-0.25, -0.2) is 0 Å². The van der Waals surface area contributed by atoms with Crippen LogP contribution in [-0.2, 0) is 20.2 Å². The third-order valence-corrected chi connectivity index (χ3v) is 4.87. The van der Waals surface area contributed by atoms with Gasteiger partial charge in [0.25, 0.3) is 20.2 Å². The number of benzene rings is 2. The average molecular weight is 390 g/mol. The van der Waals surface area contributed by atoms with E-state index in [1.54, 1.807) is 0 Å². The summed E-state index contributed by atoms with van der Waals surface area (Å²) in [5, 5.41) is 0. The molecule has 0 radical (unpaired) electrons. The minimum Gasteiger partial charge on any atom is -0.457 e. The van der Waals surface area contributed by atoms with Crippen molar-refractivity contribution in [3.05, 3.63) is 24.3 Å². The molecule has 0 saturated heterocycles. The Balaban J connectivity index is 2.58. The maximum atomic E-state index is 11.3. The van der Waals surface area contributed by atoms with Gasteiger partial charge in [0.1, 0.15) is 21.3 Å². The molecule has 0 amide bonds. The summed E-state index contributed by atoms with van der Waals surface area (Å²) in [6, 6.07) is 4.04. The third kappa shape index (κ3) is 3.85. The smallest absolute Gasteiger partial charge is 0.296 e. The highest BCUT2D eigenvalue weighted by Gasteiger charge is 2.20. The summed E-state index contributed by atoms with van der Waals surface area (Å²) in [7, 11) is -9.37. The molecule has 2 aromatic carbocycles. The first-order valence-corrected chi connectivity index (χ1v) is 9.19. The predicted molar refractivity (Wildman–Crippen MR) is 90.2 cm³/mol. The summed E-state index contributed by atoms with van der Waals surface area (Å²) >= 11 is 0. The highest BCUT2D eigenvalue weighted by molar-refractivity contribution is 7.86. The molecular formula is C12H14N4O7S2. The van der Waals surface area contributed by atoms with Gasteiger partial charge in [0.2, 0.25) is 0 Å². The minimum atomic E-state index is -4.68. The van der Waals surface area contributed by atoms with Crippen molar-refractivity contribution in [2.45, 2.75) is 9.79 Å². The first-order chi connectivity index (χ1) is 11.3. The molecule has 0 aliphatic rings. The Kier molecular flexibility index (Phi) is 4.43. The molecule has 136 valence electrons. The lowest BCUT2D eigenvalue weighted by Gasteiger charge is -2.13. The Morgan fingerprint density at radius 1 is 0.680 bits per heavy atom. The van der Waals surface area contributed by atoms with Gasteiger partial charge in [-0.05, 0) is 0 Å². The van der Waals surface area contributed by atoms with Crippen LogP contribution in [0.25, 0.3) is 0 Å². The van der Waals surface area contributed by atoms with Crippen molar-refractivity contribution >= 4 is 43.0 Å². The van der Waals surface area contributed by atoms with Crippen molar-refractivity contribution < 1.29 is 30.7 Å². The van der Waals surface area contributed by atoms with Gasteiger partial charge in [0, 0.05) is 24.3 Å². The Morgan fingerprint density at radius 2 is 1.00 bits per heavy atom. The SMILES string of the molecule is Nc1cc(Oc2cc(N)c(N)c(S(=O)(=O)O)c2)cc(S(=O)(=O)O)c1N. The fourth-order valence-electron chi connectivity index (χ4n) is 1.92. The highest BCUT2D eigenvalue weighted by Crippen LogP contribution is 2.36. The normalized spacial score (nSPS) is 12.1. The molecule has 10 N–H and O–H groups in total. The topological polar surface area (TPSA) is 222 Å². The summed E-state index contributed by atoms with van der Waals surface area (Å²) in [6.45, 7) is 0. The molecule has 0 fully saturated rings. The molecule has 0 saturated carbocycles. The van der Waals surface area contributed by atoms with E-state index >= 15 is 0 Å². The van der Waals surface area contributed by atoms with E-state index in [9.17, 15) is 16.8 Å². The standard InChI is InChI=1S/C12H14N4O7S2/c13-7-1-5(3-9(11(7)15)24(17,18)19)23-6-2-8(14)12(16)10(4-6)25(20,21)22/h1-4H,13-16H2,(H,17,18,19)(H,20,21,22). The molecule has 0 heterocycles. The highest BCUT2D eigenvalue weighted by atomic mass is 32.2. The molecule has 0 aliphatic carbocycles. The van der Waals surface area contributed by atoms with Crippen molar-refractivity contribution in [3.63, 3.8) is 0 Å². The van der Waals surface area contributed by atoms with Gasteiger partial charge in [0.15, 0.2) is 0 Å². The quantitative estimate of drug-likeness (QED) is 0.307. The number of ether oxygens (including phenoxy) is 1. The number of nitrogen functional groups attached to an aromatic ring is 4. The zero-order chi connectivity index (χ0) is 19.2. The third-order valence-electron chi connectivity index (χ3n) is 3.09. The molecular weight excluding hydrogens is 376 g/mol. The molecule has 0 bridgehead atoms. The van der Waals surface area contributed by atoms with E-state index in [0.29, 0.717) is 0 Å². The van der Waals surface area contributed by atoms with Gasteiger partial charge in [-0.2, -0.15) is 16.8 Å². The second kappa shape index (κ2) is 5.96. The van der Waals surface area contributed by atoms with E-state index in [1.807, 2.05) is 0 Å². The fraction of sp³-hybridized carbons (Fsp3) is 0. The molecule has 2 rings (SSSR count). The zero-order valence-corrected chi connectivity index (χ0v) is 14.0. The van der Waals surface area contributed by atoms with Crippen LogP contribution in [0.5, 0.6) is 11.5 Å². The summed E-state index contributed by atoms with van der Waals surface area (Å²) < 4.78 is 68.8. The Morgan fingerprint density at radius 3 is 1.28 bits per heavy atom. The van der Waals surface area contributed by atoms with Crippen LogP contribution in [0.4, 0.5) is 22.7 Å². The number of rotatable bonds is 4. The van der Waals surface area contributed by atoms with Crippen molar-refractivity contribution in [2.24, 2.45) is 0 Å². The Hall–Kier alpha value is -2.74. The van der Waals surface area contributed by atoms with Crippen molar-refractivity contribution in [3.8, 4) is 11.5 Å². The molecule has 25 heavy (non-hydrogen) atoms. The van der Waals surface area contributed by atoms with Crippen molar-refractivity contribution in [2.75, 3.05) is 22.9 Å². The monoisotopic (exact) mass is 390 g/mol. The number of hydrogen-bond donors (Lipinski definition) is 6. The summed E-state index contributed by atoms with van der Waals surface area (Å²) in [6.07, 6.45) is 0. The minimum absolute atomic E-state index is 0.190. The van der Waals surface area contributed by atoms with E-state index in [-0.39, 0.29) is 34.2 Å². The van der Waals surface area contributed by atoms with E-state index in [0.717, 1.165) is 24.3 Å². The predicted octanol–water partition coefficient (Wildman–Crippen LogP) is 0.301. The van der Waals surface area contributed by atoms with E-state index in [1.165, 1.54) is 0 Å². The van der Waals surface area contributed by atoms with E-state index in [4.69, 9.17) is 36.8 Å². The van der Waals surface area contributed by atoms with Crippen LogP contribution in [0.2, 0.25) is 0 Å². The molecule has 0 unspecified atom stereocenters. The van der Waals surface area contributed by atoms with Gasteiger partial charge in [-0.3, -0.25) is 9.11 Å². The fourth-order valence-corrected chi connectivity index (χ4v) is 3.25. The first kappa shape index (κ1) is 18.6. The molecule has 2 aromatic rings. The van der Waals surface area contributed by atoms with Gasteiger partial charge >= 0.3 is 0 Å². The van der Waals surface area contributed by atoms with Crippen LogP contribution in [0.3, 0.4) is 0 Å². The second-order valence-corrected chi connectivity index (χ2v) is 7.68. The molecule has 0 aromatic heterocycles. The number of anilines is 4. The number of nitrogens with two attached hydrogens (primary N) is 4. The zero-order valence-electron chi connectivity index (χ0n) is 12.4. The average Bonchev–Trinajstić information content (AvgIpc) is 2.43. The van der Waals surface area contributed by atoms with Crippen LogP contribution in [0.15, 0.2) is 34.1 Å². The van der Waals surface area contributed by atoms with E-state index < -0.39 is 30.0 Å². The summed E-state index contributed by atoms with van der Waals surface area (Å²) in [5.74, 6) is -0.380. The Labute approximate surface area is 142 Å². The van der Waals surface area contributed by atoms with E-state index in [2.05, 4.69) is 0 Å².